The van der Waals surface area contributed by atoms with Crippen LogP contribution in [0.4, 0.5) is 11.4 Å². The van der Waals surface area contributed by atoms with Crippen molar-refractivity contribution in [2.75, 3.05) is 17.7 Å². The zero-order valence-corrected chi connectivity index (χ0v) is 16.0. The highest BCUT2D eigenvalue weighted by Crippen LogP contribution is 2.20. The van der Waals surface area contributed by atoms with Crippen molar-refractivity contribution in [2.45, 2.75) is 0 Å². The maximum Gasteiger partial charge on any atom is 0.330 e. The molecule has 0 bridgehead atoms. The van der Waals surface area contributed by atoms with Crippen LogP contribution in [-0.2, 0) is 14.3 Å². The molecule has 1 amide bonds. The van der Waals surface area contributed by atoms with E-state index in [9.17, 15) is 14.4 Å². The van der Waals surface area contributed by atoms with Crippen LogP contribution in [0.2, 0.25) is 0 Å². The first-order valence-electron chi connectivity index (χ1n) is 8.63. The minimum Gasteiger partial charge on any atom is -0.478 e. The van der Waals surface area contributed by atoms with Gasteiger partial charge in [-0.25, -0.2) is 9.59 Å². The molecule has 0 unspecified atom stereocenters. The number of aliphatic carboxylic acids is 1. The third kappa shape index (κ3) is 6.64. The van der Waals surface area contributed by atoms with Crippen LogP contribution in [0.1, 0.15) is 21.5 Å². The number of carboxylic acid groups (broad SMARTS) is 1. The number of carboxylic acids is 1. The summed E-state index contributed by atoms with van der Waals surface area (Å²) < 4.78 is 4.57. The van der Waals surface area contributed by atoms with Crippen molar-refractivity contribution >= 4 is 47.7 Å². The van der Waals surface area contributed by atoms with Gasteiger partial charge in [0.1, 0.15) is 6.34 Å². The van der Waals surface area contributed by atoms with Crippen LogP contribution in [-0.4, -0.2) is 36.4 Å². The predicted molar refractivity (Wildman–Crippen MR) is 115 cm³/mol. The smallest absolute Gasteiger partial charge is 0.330 e. The molecule has 154 valence electrons. The molecule has 0 atom stereocenters. The summed E-state index contributed by atoms with van der Waals surface area (Å²) in [5, 5.41) is 17.8. The fraction of sp³-hybridized carbons (Fsp3) is 0.0476. The number of ether oxygens (including phenoxy) is 1. The molecule has 2 aromatic rings. The van der Waals surface area contributed by atoms with Crippen molar-refractivity contribution < 1.29 is 24.2 Å². The average molecular weight is 408 g/mol. The van der Waals surface area contributed by atoms with Gasteiger partial charge in [-0.05, 0) is 53.6 Å². The standard InChI is InChI=1S/C21H20N4O5/c1-30-20(28)10-7-15-11-18(8-5-14(15)6-9-19(26)27)25-21(29)16-3-2-4-17(12-16)23-13-24-22/h2-13H,22H2,1H3,(H,23,24)(H,25,29)(H,26,27). The molecule has 0 spiro atoms. The molecule has 2 rings (SSSR count). The average Bonchev–Trinajstić information content (AvgIpc) is 2.75. The maximum absolute atomic E-state index is 12.6. The molecule has 0 aromatic heterocycles. The van der Waals surface area contributed by atoms with E-state index in [0.29, 0.717) is 28.1 Å². The number of amides is 1. The minimum absolute atomic E-state index is 0.361. The third-order valence-electron chi connectivity index (χ3n) is 3.78. The second-order valence-corrected chi connectivity index (χ2v) is 5.83. The highest BCUT2D eigenvalue weighted by atomic mass is 16.5. The van der Waals surface area contributed by atoms with Gasteiger partial charge < -0.3 is 26.3 Å². The lowest BCUT2D eigenvalue weighted by atomic mass is 10.0. The van der Waals surface area contributed by atoms with Gasteiger partial charge >= 0.3 is 11.9 Å². The molecule has 0 saturated carbocycles. The number of nitrogens with two attached hydrogens (primary N) is 1. The van der Waals surface area contributed by atoms with Crippen LogP contribution in [0.3, 0.4) is 0 Å². The number of hydrogen-bond acceptors (Lipinski definition) is 6. The first kappa shape index (κ1) is 21.9. The summed E-state index contributed by atoms with van der Waals surface area (Å²) in [5.74, 6) is 3.01. The van der Waals surface area contributed by atoms with Crippen molar-refractivity contribution in [1.82, 2.24) is 0 Å². The molecule has 0 radical (unpaired) electrons. The van der Waals surface area contributed by atoms with Crippen LogP contribution >= 0.6 is 0 Å². The molecule has 5 N–H and O–H groups in total. The lowest BCUT2D eigenvalue weighted by molar-refractivity contribution is -0.135. The molecule has 0 aliphatic carbocycles. The lowest BCUT2D eigenvalue weighted by Gasteiger charge is -2.09. The Kier molecular flexibility index (Phi) is 7.89. The number of anilines is 2. The van der Waals surface area contributed by atoms with Crippen molar-refractivity contribution in [1.29, 1.82) is 0 Å². The second-order valence-electron chi connectivity index (χ2n) is 5.83. The summed E-state index contributed by atoms with van der Waals surface area (Å²) in [6.45, 7) is 0. The highest BCUT2D eigenvalue weighted by Gasteiger charge is 2.08. The number of carbonyl (C=O) groups excluding carboxylic acids is 2. The zero-order valence-electron chi connectivity index (χ0n) is 16.0. The summed E-state index contributed by atoms with van der Waals surface area (Å²) in [6, 6.07) is 11.6. The Labute approximate surface area is 172 Å². The Morgan fingerprint density at radius 3 is 2.50 bits per heavy atom. The predicted octanol–water partition coefficient (Wildman–Crippen LogP) is 2.54. The minimum atomic E-state index is -1.11. The highest BCUT2D eigenvalue weighted by molar-refractivity contribution is 6.05. The number of carbonyl (C=O) groups is 3. The number of nitrogens with one attached hydrogen (secondary N) is 2. The van der Waals surface area contributed by atoms with E-state index in [1.54, 1.807) is 42.5 Å². The Hall–Kier alpha value is -4.40. The van der Waals surface area contributed by atoms with Gasteiger partial charge in [-0.1, -0.05) is 12.1 Å². The molecule has 0 saturated heterocycles. The quantitative estimate of drug-likeness (QED) is 0.131. The Morgan fingerprint density at radius 1 is 1.03 bits per heavy atom. The monoisotopic (exact) mass is 408 g/mol. The Morgan fingerprint density at radius 2 is 1.80 bits per heavy atom. The van der Waals surface area contributed by atoms with E-state index in [4.69, 9.17) is 10.9 Å². The van der Waals surface area contributed by atoms with E-state index in [0.717, 1.165) is 6.08 Å². The van der Waals surface area contributed by atoms with Gasteiger partial charge in [0.2, 0.25) is 0 Å². The van der Waals surface area contributed by atoms with Gasteiger partial charge in [-0.15, -0.1) is 0 Å². The van der Waals surface area contributed by atoms with E-state index in [2.05, 4.69) is 20.5 Å². The number of rotatable bonds is 8. The normalized spacial score (nSPS) is 11.1. The number of esters is 1. The summed E-state index contributed by atoms with van der Waals surface area (Å²) >= 11 is 0. The molecular formula is C21H20N4O5. The molecule has 9 nitrogen and oxygen atoms in total. The summed E-state index contributed by atoms with van der Waals surface area (Å²) in [6.07, 6.45) is 6.33. The van der Waals surface area contributed by atoms with Gasteiger partial charge in [0, 0.05) is 29.1 Å². The molecule has 30 heavy (non-hydrogen) atoms. The maximum atomic E-state index is 12.6. The fourth-order valence-corrected chi connectivity index (χ4v) is 2.40. The van der Waals surface area contributed by atoms with Crippen LogP contribution < -0.4 is 16.5 Å². The van der Waals surface area contributed by atoms with Crippen molar-refractivity contribution in [3.8, 4) is 0 Å². The number of benzene rings is 2. The largest absolute Gasteiger partial charge is 0.478 e. The van der Waals surface area contributed by atoms with Crippen LogP contribution in [0.5, 0.6) is 0 Å². The molecule has 0 heterocycles. The molecule has 0 aliphatic rings. The van der Waals surface area contributed by atoms with Crippen LogP contribution in [0.15, 0.2) is 59.7 Å². The topological polar surface area (TPSA) is 143 Å². The summed E-state index contributed by atoms with van der Waals surface area (Å²) in [4.78, 5) is 34.8. The van der Waals surface area contributed by atoms with Gasteiger partial charge in [0.15, 0.2) is 0 Å². The first-order chi connectivity index (χ1) is 14.4. The number of nitrogens with zero attached hydrogens (tertiary/aromatic N) is 1. The van der Waals surface area contributed by atoms with E-state index >= 15 is 0 Å². The summed E-state index contributed by atoms with van der Waals surface area (Å²) in [7, 11) is 1.25. The zero-order chi connectivity index (χ0) is 21.9. The first-order valence-corrected chi connectivity index (χ1v) is 8.63. The van der Waals surface area contributed by atoms with Crippen molar-refractivity contribution in [3.05, 3.63) is 71.3 Å². The van der Waals surface area contributed by atoms with Gasteiger partial charge in [-0.2, -0.15) is 5.10 Å². The fourth-order valence-electron chi connectivity index (χ4n) is 2.40. The van der Waals surface area contributed by atoms with E-state index < -0.39 is 11.9 Å². The van der Waals surface area contributed by atoms with E-state index in [-0.39, 0.29) is 5.91 Å². The van der Waals surface area contributed by atoms with Crippen LogP contribution in [0.25, 0.3) is 12.2 Å². The van der Waals surface area contributed by atoms with Gasteiger partial charge in [0.05, 0.1) is 7.11 Å². The van der Waals surface area contributed by atoms with Crippen molar-refractivity contribution in [3.63, 3.8) is 0 Å². The van der Waals surface area contributed by atoms with Crippen LogP contribution in [0, 0.1) is 0 Å². The van der Waals surface area contributed by atoms with E-state index in [1.807, 2.05) is 0 Å². The summed E-state index contributed by atoms with van der Waals surface area (Å²) in [5.41, 5.74) is 2.55. The lowest BCUT2D eigenvalue weighted by Crippen LogP contribution is -2.12. The SMILES string of the molecule is COC(=O)C=Cc1cc(NC(=O)c2cccc(NC=NN)c2)ccc1C=CC(=O)O. The second kappa shape index (κ2) is 10.8. The molecule has 0 aliphatic heterocycles. The molecule has 2 aromatic carbocycles. The van der Waals surface area contributed by atoms with E-state index in [1.165, 1.54) is 31.7 Å². The molecular weight excluding hydrogens is 388 g/mol. The molecule has 0 fully saturated rings. The molecule has 9 heteroatoms. The third-order valence-corrected chi connectivity index (χ3v) is 3.78. The number of hydrazone groups is 1. The van der Waals surface area contributed by atoms with Crippen molar-refractivity contribution in [2.24, 2.45) is 10.9 Å². The Bertz CT molecular complexity index is 1030. The van der Waals surface area contributed by atoms with Gasteiger partial charge in [-0.3, -0.25) is 4.79 Å². The van der Waals surface area contributed by atoms with Gasteiger partial charge in [0.25, 0.3) is 5.91 Å². The number of hydrogen-bond donors (Lipinski definition) is 4. The number of methoxy groups -OCH3 is 1. The Balaban J connectivity index is 2.28.